The van der Waals surface area contributed by atoms with Crippen LogP contribution in [-0.4, -0.2) is 11.7 Å². The molecule has 0 heterocycles. The zero-order chi connectivity index (χ0) is 13.7. The van der Waals surface area contributed by atoms with E-state index in [9.17, 15) is 8.78 Å². The van der Waals surface area contributed by atoms with Gasteiger partial charge >= 0.3 is 0 Å². The van der Waals surface area contributed by atoms with Crippen LogP contribution in [0.2, 0.25) is 0 Å². The average molecular weight is 263 g/mol. The van der Waals surface area contributed by atoms with Crippen LogP contribution in [-0.2, 0) is 13.0 Å². The summed E-state index contributed by atoms with van der Waals surface area (Å²) in [6.07, 6.45) is 0.761. The predicted molar refractivity (Wildman–Crippen MR) is 69.9 cm³/mol. The number of benzene rings is 2. The fourth-order valence-corrected chi connectivity index (χ4v) is 1.80. The maximum atomic E-state index is 13.4. The fourth-order valence-electron chi connectivity index (χ4n) is 1.80. The molecular weight excluding hydrogens is 248 g/mol. The van der Waals surface area contributed by atoms with Crippen molar-refractivity contribution in [1.29, 1.82) is 0 Å². The molecule has 2 N–H and O–H groups in total. The van der Waals surface area contributed by atoms with Crippen molar-refractivity contribution in [3.05, 3.63) is 65.2 Å². The monoisotopic (exact) mass is 263 g/mol. The zero-order valence-electron chi connectivity index (χ0n) is 10.4. The summed E-state index contributed by atoms with van der Waals surface area (Å²) in [7, 11) is 0. The quantitative estimate of drug-likeness (QED) is 0.813. The van der Waals surface area contributed by atoms with Gasteiger partial charge in [0.2, 0.25) is 0 Å². The Morgan fingerprint density at radius 1 is 1.00 bits per heavy atom. The summed E-state index contributed by atoms with van der Waals surface area (Å²) in [5.74, 6) is -1.38. The molecule has 0 bridgehead atoms. The molecule has 0 unspecified atom stereocenters. The van der Waals surface area contributed by atoms with Gasteiger partial charge in [-0.1, -0.05) is 24.3 Å². The molecule has 0 aromatic heterocycles. The van der Waals surface area contributed by atoms with Crippen molar-refractivity contribution in [2.75, 3.05) is 6.54 Å². The summed E-state index contributed by atoms with van der Waals surface area (Å²) in [6.45, 7) is 0.947. The maximum absolute atomic E-state index is 13.4. The Kier molecular flexibility index (Phi) is 4.47. The highest BCUT2D eigenvalue weighted by Crippen LogP contribution is 2.11. The molecule has 0 atom stereocenters. The Morgan fingerprint density at radius 2 is 1.74 bits per heavy atom. The molecule has 0 amide bonds. The summed E-state index contributed by atoms with van der Waals surface area (Å²) < 4.78 is 26.3. The van der Waals surface area contributed by atoms with Gasteiger partial charge in [-0.3, -0.25) is 0 Å². The summed E-state index contributed by atoms with van der Waals surface area (Å²) in [4.78, 5) is 0. The van der Waals surface area contributed by atoms with E-state index in [4.69, 9.17) is 5.11 Å². The number of nitrogens with one attached hydrogen (secondary N) is 1. The van der Waals surface area contributed by atoms with Gasteiger partial charge in [-0.2, -0.15) is 0 Å². The summed E-state index contributed by atoms with van der Waals surface area (Å²) in [5, 5.41) is 12.2. The van der Waals surface area contributed by atoms with Gasteiger partial charge in [-0.25, -0.2) is 8.78 Å². The van der Waals surface area contributed by atoms with E-state index >= 15 is 0 Å². The van der Waals surface area contributed by atoms with Crippen LogP contribution in [0.4, 0.5) is 8.78 Å². The lowest BCUT2D eigenvalue weighted by Gasteiger charge is -2.06. The second kappa shape index (κ2) is 6.29. The minimum atomic E-state index is -0.821. The van der Waals surface area contributed by atoms with Crippen molar-refractivity contribution in [3.63, 3.8) is 0 Å². The number of phenols is 1. The van der Waals surface area contributed by atoms with Crippen molar-refractivity contribution in [2.24, 2.45) is 0 Å². The predicted octanol–water partition coefficient (Wildman–Crippen LogP) is 3.00. The van der Waals surface area contributed by atoms with Gasteiger partial charge in [-0.15, -0.1) is 0 Å². The third-order valence-corrected chi connectivity index (χ3v) is 2.87. The Bertz CT molecular complexity index is 540. The zero-order valence-corrected chi connectivity index (χ0v) is 10.4. The van der Waals surface area contributed by atoms with Crippen LogP contribution < -0.4 is 5.32 Å². The molecule has 0 radical (unpaired) electrons. The maximum Gasteiger partial charge on any atom is 0.163 e. The van der Waals surface area contributed by atoms with E-state index in [1.807, 2.05) is 12.1 Å². The molecule has 0 aliphatic rings. The first-order valence-electron chi connectivity index (χ1n) is 6.08. The lowest BCUT2D eigenvalue weighted by molar-refractivity contribution is 0.475. The largest absolute Gasteiger partial charge is 0.508 e. The highest BCUT2D eigenvalue weighted by Gasteiger charge is 2.06. The number of aromatic hydroxyl groups is 1. The fraction of sp³-hybridized carbons (Fsp3) is 0.200. The minimum Gasteiger partial charge on any atom is -0.508 e. The third-order valence-electron chi connectivity index (χ3n) is 2.87. The first-order chi connectivity index (χ1) is 9.16. The van der Waals surface area contributed by atoms with Gasteiger partial charge in [0, 0.05) is 12.1 Å². The normalized spacial score (nSPS) is 10.6. The molecule has 2 nitrogen and oxygen atoms in total. The van der Waals surface area contributed by atoms with Gasteiger partial charge in [-0.05, 0) is 36.7 Å². The van der Waals surface area contributed by atoms with Gasteiger partial charge < -0.3 is 10.4 Å². The van der Waals surface area contributed by atoms with E-state index in [0.29, 0.717) is 18.7 Å². The summed E-state index contributed by atoms with van der Waals surface area (Å²) in [5.41, 5.74) is 1.40. The summed E-state index contributed by atoms with van der Waals surface area (Å²) in [6, 6.07) is 11.1. The molecule has 2 aromatic rings. The van der Waals surface area contributed by atoms with E-state index in [1.165, 1.54) is 6.07 Å². The highest BCUT2D eigenvalue weighted by atomic mass is 19.2. The van der Waals surface area contributed by atoms with Crippen LogP contribution in [0, 0.1) is 11.6 Å². The first kappa shape index (κ1) is 13.5. The van der Waals surface area contributed by atoms with E-state index in [2.05, 4.69) is 5.32 Å². The van der Waals surface area contributed by atoms with Crippen LogP contribution in [0.5, 0.6) is 5.75 Å². The van der Waals surface area contributed by atoms with Gasteiger partial charge in [0.15, 0.2) is 11.6 Å². The van der Waals surface area contributed by atoms with Gasteiger partial charge in [0.05, 0.1) is 0 Å². The molecular formula is C15H15F2NO. The molecule has 2 aromatic carbocycles. The Hall–Kier alpha value is -1.94. The van der Waals surface area contributed by atoms with Crippen molar-refractivity contribution in [1.82, 2.24) is 5.32 Å². The van der Waals surface area contributed by atoms with Crippen LogP contribution in [0.3, 0.4) is 0 Å². The van der Waals surface area contributed by atoms with Crippen molar-refractivity contribution in [2.45, 2.75) is 13.0 Å². The van der Waals surface area contributed by atoms with E-state index in [1.54, 1.807) is 18.2 Å². The topological polar surface area (TPSA) is 32.3 Å². The molecule has 19 heavy (non-hydrogen) atoms. The molecule has 2 rings (SSSR count). The smallest absolute Gasteiger partial charge is 0.163 e. The molecule has 100 valence electrons. The van der Waals surface area contributed by atoms with Crippen molar-refractivity contribution >= 4 is 0 Å². The highest BCUT2D eigenvalue weighted by molar-refractivity contribution is 5.26. The Balaban J connectivity index is 1.81. The average Bonchev–Trinajstić information content (AvgIpc) is 2.41. The Morgan fingerprint density at radius 3 is 2.47 bits per heavy atom. The number of halogens is 2. The number of rotatable bonds is 5. The summed E-state index contributed by atoms with van der Waals surface area (Å²) >= 11 is 0. The first-order valence-corrected chi connectivity index (χ1v) is 6.08. The third kappa shape index (κ3) is 3.76. The molecule has 0 saturated heterocycles. The second-order valence-corrected chi connectivity index (χ2v) is 4.31. The number of hydrogen-bond acceptors (Lipinski definition) is 2. The van der Waals surface area contributed by atoms with E-state index in [-0.39, 0.29) is 5.75 Å². The second-order valence-electron chi connectivity index (χ2n) is 4.31. The van der Waals surface area contributed by atoms with Crippen LogP contribution >= 0.6 is 0 Å². The van der Waals surface area contributed by atoms with Crippen LogP contribution in [0.15, 0.2) is 42.5 Å². The molecule has 0 aliphatic heterocycles. The van der Waals surface area contributed by atoms with Crippen molar-refractivity contribution < 1.29 is 13.9 Å². The molecule has 4 heteroatoms. The molecule has 0 saturated carbocycles. The number of hydrogen-bond donors (Lipinski definition) is 2. The van der Waals surface area contributed by atoms with Gasteiger partial charge in [0.25, 0.3) is 0 Å². The lowest BCUT2D eigenvalue weighted by atomic mass is 10.1. The van der Waals surface area contributed by atoms with E-state index < -0.39 is 11.6 Å². The minimum absolute atomic E-state index is 0.235. The van der Waals surface area contributed by atoms with E-state index in [0.717, 1.165) is 18.1 Å². The molecule has 0 aliphatic carbocycles. The van der Waals surface area contributed by atoms with Gasteiger partial charge in [0.1, 0.15) is 5.75 Å². The molecule has 0 fully saturated rings. The van der Waals surface area contributed by atoms with Crippen molar-refractivity contribution in [3.8, 4) is 5.75 Å². The number of phenolic OH excluding ortho intramolecular Hbond substituents is 1. The standard InChI is InChI=1S/C15H15F2NO/c16-14-3-1-2-12(15(14)17)10-18-9-8-11-4-6-13(19)7-5-11/h1-7,18-19H,8-10H2. The van der Waals surface area contributed by atoms with Crippen LogP contribution in [0.25, 0.3) is 0 Å². The van der Waals surface area contributed by atoms with Crippen LogP contribution in [0.1, 0.15) is 11.1 Å². The Labute approximate surface area is 110 Å². The molecule has 0 spiro atoms. The SMILES string of the molecule is Oc1ccc(CCNCc2cccc(F)c2F)cc1. The lowest BCUT2D eigenvalue weighted by Crippen LogP contribution is -2.17.